The van der Waals surface area contributed by atoms with E-state index in [4.69, 9.17) is 10.5 Å². The maximum Gasteiger partial charge on any atom is 0.292 e. The van der Waals surface area contributed by atoms with E-state index >= 15 is 0 Å². The molecule has 1 aliphatic rings. The molecule has 0 bridgehead atoms. The molecule has 1 heterocycles. The molecule has 1 aliphatic heterocycles. The van der Waals surface area contributed by atoms with Crippen LogP contribution in [0.3, 0.4) is 0 Å². The number of ether oxygens (including phenoxy) is 1. The zero-order chi connectivity index (χ0) is 13.8. The Balaban J connectivity index is 2.08. The Labute approximate surface area is 110 Å². The van der Waals surface area contributed by atoms with E-state index in [1.165, 1.54) is 12.1 Å². The molecule has 102 valence electrons. The van der Waals surface area contributed by atoms with E-state index in [1.807, 2.05) is 0 Å². The molecule has 1 fully saturated rings. The number of morpholine rings is 1. The Morgan fingerprint density at radius 3 is 2.74 bits per heavy atom. The summed E-state index contributed by atoms with van der Waals surface area (Å²) in [6.07, 6.45) is 0.140. The van der Waals surface area contributed by atoms with Gasteiger partial charge in [-0.3, -0.25) is 14.9 Å². The first-order chi connectivity index (χ1) is 9.08. The minimum Gasteiger partial charge on any atom is -0.393 e. The third-order valence-electron chi connectivity index (χ3n) is 3.01. The van der Waals surface area contributed by atoms with Gasteiger partial charge in [0, 0.05) is 19.2 Å². The van der Waals surface area contributed by atoms with Crippen LogP contribution in [0.25, 0.3) is 0 Å². The van der Waals surface area contributed by atoms with Crippen molar-refractivity contribution in [3.63, 3.8) is 0 Å². The number of hydrogen-bond donors (Lipinski definition) is 1. The molecule has 0 aromatic heterocycles. The number of nitro groups is 1. The summed E-state index contributed by atoms with van der Waals surface area (Å²) in [5.74, 6) is -0.0534. The lowest BCUT2D eigenvalue weighted by atomic mass is 10.1. The van der Waals surface area contributed by atoms with Crippen LogP contribution in [0, 0.1) is 10.1 Å². The second-order valence-electron chi connectivity index (χ2n) is 4.32. The van der Waals surface area contributed by atoms with Gasteiger partial charge in [-0.1, -0.05) is 6.07 Å². The molecule has 2 N–H and O–H groups in total. The Kier molecular flexibility index (Phi) is 3.96. The van der Waals surface area contributed by atoms with Crippen LogP contribution in [-0.2, 0) is 16.0 Å². The number of rotatable bonds is 3. The Bertz CT molecular complexity index is 498. The first-order valence-electron chi connectivity index (χ1n) is 5.96. The van der Waals surface area contributed by atoms with Crippen LogP contribution < -0.4 is 5.73 Å². The summed E-state index contributed by atoms with van der Waals surface area (Å²) in [5.41, 5.74) is 6.05. The van der Waals surface area contributed by atoms with Gasteiger partial charge in [0.2, 0.25) is 5.91 Å². The van der Waals surface area contributed by atoms with Crippen molar-refractivity contribution in [1.82, 2.24) is 4.90 Å². The van der Waals surface area contributed by atoms with Crippen molar-refractivity contribution in [2.45, 2.75) is 6.42 Å². The number of carbonyl (C=O) groups excluding carboxylic acids is 1. The number of carbonyl (C=O) groups is 1. The first-order valence-corrected chi connectivity index (χ1v) is 5.96. The molecule has 0 unspecified atom stereocenters. The highest BCUT2D eigenvalue weighted by molar-refractivity contribution is 5.79. The number of nitrogens with zero attached hydrogens (tertiary/aromatic N) is 2. The van der Waals surface area contributed by atoms with E-state index in [0.717, 1.165) is 0 Å². The summed E-state index contributed by atoms with van der Waals surface area (Å²) in [6, 6.07) is 4.45. The Morgan fingerprint density at radius 1 is 1.42 bits per heavy atom. The molecule has 1 saturated heterocycles. The van der Waals surface area contributed by atoms with Gasteiger partial charge in [-0.2, -0.15) is 0 Å². The van der Waals surface area contributed by atoms with E-state index in [9.17, 15) is 14.9 Å². The summed E-state index contributed by atoms with van der Waals surface area (Å²) in [4.78, 5) is 23.9. The number of amides is 1. The maximum atomic E-state index is 12.0. The molecule has 1 amide bonds. The standard InChI is InChI=1S/C12H15N3O4/c13-10-2-1-9(7-11(10)15(17)18)8-12(16)14-3-5-19-6-4-14/h1-2,7H,3-6,8,13H2. The summed E-state index contributed by atoms with van der Waals surface area (Å²) in [5, 5.41) is 10.8. The average Bonchev–Trinajstić information content (AvgIpc) is 2.41. The normalized spacial score (nSPS) is 15.3. The van der Waals surface area contributed by atoms with Crippen LogP contribution in [0.1, 0.15) is 5.56 Å². The van der Waals surface area contributed by atoms with E-state index in [1.54, 1.807) is 11.0 Å². The average molecular weight is 265 g/mol. The highest BCUT2D eigenvalue weighted by Gasteiger charge is 2.19. The second-order valence-corrected chi connectivity index (χ2v) is 4.32. The second kappa shape index (κ2) is 5.66. The molecule has 0 saturated carbocycles. The molecular weight excluding hydrogens is 250 g/mol. The lowest BCUT2D eigenvalue weighted by Gasteiger charge is -2.26. The van der Waals surface area contributed by atoms with Crippen molar-refractivity contribution in [3.05, 3.63) is 33.9 Å². The smallest absolute Gasteiger partial charge is 0.292 e. The summed E-state index contributed by atoms with van der Waals surface area (Å²) in [7, 11) is 0. The Morgan fingerprint density at radius 2 is 2.11 bits per heavy atom. The summed E-state index contributed by atoms with van der Waals surface area (Å²) < 4.78 is 5.17. The predicted octanol–water partition coefficient (Wildman–Crippen LogP) is 0.578. The zero-order valence-electron chi connectivity index (χ0n) is 10.4. The van der Waals surface area contributed by atoms with E-state index < -0.39 is 4.92 Å². The molecule has 2 rings (SSSR count). The monoisotopic (exact) mass is 265 g/mol. The van der Waals surface area contributed by atoms with Crippen molar-refractivity contribution in [2.75, 3.05) is 32.0 Å². The number of nitro benzene ring substituents is 1. The molecule has 1 aromatic rings. The number of nitrogens with two attached hydrogens (primary N) is 1. The third kappa shape index (κ3) is 3.19. The number of hydrogen-bond acceptors (Lipinski definition) is 5. The van der Waals surface area contributed by atoms with Crippen LogP contribution in [0.15, 0.2) is 18.2 Å². The van der Waals surface area contributed by atoms with Gasteiger partial charge in [-0.15, -0.1) is 0 Å². The van der Waals surface area contributed by atoms with Crippen molar-refractivity contribution in [1.29, 1.82) is 0 Å². The van der Waals surface area contributed by atoms with Crippen molar-refractivity contribution in [3.8, 4) is 0 Å². The fourth-order valence-corrected chi connectivity index (χ4v) is 1.96. The minimum absolute atomic E-state index is 0.0534. The van der Waals surface area contributed by atoms with Gasteiger partial charge in [-0.05, 0) is 11.6 Å². The van der Waals surface area contributed by atoms with Crippen molar-refractivity contribution < 1.29 is 14.5 Å². The molecule has 0 aliphatic carbocycles. The van der Waals surface area contributed by atoms with Crippen molar-refractivity contribution in [2.24, 2.45) is 0 Å². The van der Waals surface area contributed by atoms with Crippen LogP contribution in [0.5, 0.6) is 0 Å². The van der Waals surface area contributed by atoms with Gasteiger partial charge in [-0.25, -0.2) is 0 Å². The number of anilines is 1. The molecule has 7 heteroatoms. The predicted molar refractivity (Wildman–Crippen MR) is 68.6 cm³/mol. The minimum atomic E-state index is -0.544. The molecule has 0 spiro atoms. The van der Waals surface area contributed by atoms with Gasteiger partial charge < -0.3 is 15.4 Å². The largest absolute Gasteiger partial charge is 0.393 e. The van der Waals surface area contributed by atoms with Crippen LogP contribution in [-0.4, -0.2) is 42.0 Å². The third-order valence-corrected chi connectivity index (χ3v) is 3.01. The molecular formula is C12H15N3O4. The van der Waals surface area contributed by atoms with Gasteiger partial charge >= 0.3 is 0 Å². The number of nitrogen functional groups attached to an aromatic ring is 1. The molecule has 0 radical (unpaired) electrons. The highest BCUT2D eigenvalue weighted by Crippen LogP contribution is 2.22. The van der Waals surface area contributed by atoms with Gasteiger partial charge in [0.25, 0.3) is 5.69 Å². The fraction of sp³-hybridized carbons (Fsp3) is 0.417. The molecule has 0 atom stereocenters. The highest BCUT2D eigenvalue weighted by atomic mass is 16.6. The molecule has 19 heavy (non-hydrogen) atoms. The topological polar surface area (TPSA) is 98.7 Å². The van der Waals surface area contributed by atoms with Crippen molar-refractivity contribution >= 4 is 17.3 Å². The van der Waals surface area contributed by atoms with Gasteiger partial charge in [0.1, 0.15) is 5.69 Å². The Hall–Kier alpha value is -2.15. The summed E-state index contributed by atoms with van der Waals surface area (Å²) in [6.45, 7) is 2.20. The van der Waals surface area contributed by atoms with E-state index in [0.29, 0.717) is 31.9 Å². The fourth-order valence-electron chi connectivity index (χ4n) is 1.96. The van der Waals surface area contributed by atoms with Gasteiger partial charge in [0.05, 0.1) is 24.6 Å². The lowest BCUT2D eigenvalue weighted by molar-refractivity contribution is -0.383. The zero-order valence-corrected chi connectivity index (χ0v) is 10.4. The van der Waals surface area contributed by atoms with Crippen LogP contribution >= 0.6 is 0 Å². The van der Waals surface area contributed by atoms with E-state index in [2.05, 4.69) is 0 Å². The number of benzene rings is 1. The molecule has 1 aromatic carbocycles. The first kappa shape index (κ1) is 13.3. The maximum absolute atomic E-state index is 12.0. The van der Waals surface area contributed by atoms with E-state index in [-0.39, 0.29) is 23.7 Å². The SMILES string of the molecule is Nc1ccc(CC(=O)N2CCOCC2)cc1[N+](=O)[O-]. The molecule has 7 nitrogen and oxygen atoms in total. The lowest BCUT2D eigenvalue weighted by Crippen LogP contribution is -2.41. The summed E-state index contributed by atoms with van der Waals surface area (Å²) >= 11 is 0. The van der Waals surface area contributed by atoms with Crippen LogP contribution in [0.2, 0.25) is 0 Å². The van der Waals surface area contributed by atoms with Crippen LogP contribution in [0.4, 0.5) is 11.4 Å². The quantitative estimate of drug-likeness (QED) is 0.489. The van der Waals surface area contributed by atoms with Gasteiger partial charge in [0.15, 0.2) is 0 Å².